The summed E-state index contributed by atoms with van der Waals surface area (Å²) in [6, 6.07) is 0. The number of aromatic nitrogens is 2. The lowest BCUT2D eigenvalue weighted by atomic mass is 10.3. The predicted octanol–water partition coefficient (Wildman–Crippen LogP) is 0.802. The SMILES string of the molecule is CNc1snnc1CN1CCCOCC1. The maximum atomic E-state index is 5.41. The molecule has 0 aromatic carbocycles. The Kier molecular flexibility index (Phi) is 3.87. The first-order valence-corrected chi connectivity index (χ1v) is 5.96. The molecule has 5 nitrogen and oxygen atoms in total. The second-order valence-corrected chi connectivity index (χ2v) is 4.29. The molecular formula is C9H16N4OS. The fraction of sp³-hybridized carbons (Fsp3) is 0.778. The molecule has 1 aliphatic rings. The van der Waals surface area contributed by atoms with Gasteiger partial charge < -0.3 is 10.1 Å². The van der Waals surface area contributed by atoms with Crippen LogP contribution in [0.25, 0.3) is 0 Å². The summed E-state index contributed by atoms with van der Waals surface area (Å²) in [6.07, 6.45) is 1.10. The first-order valence-electron chi connectivity index (χ1n) is 5.19. The maximum Gasteiger partial charge on any atom is 0.134 e. The second-order valence-electron chi connectivity index (χ2n) is 3.54. The highest BCUT2D eigenvalue weighted by Gasteiger charge is 2.13. The Hall–Kier alpha value is -0.720. The van der Waals surface area contributed by atoms with E-state index >= 15 is 0 Å². The number of anilines is 1. The normalized spacial score (nSPS) is 18.7. The van der Waals surface area contributed by atoms with Crippen molar-refractivity contribution in [1.29, 1.82) is 0 Å². The summed E-state index contributed by atoms with van der Waals surface area (Å²) in [7, 11) is 1.91. The van der Waals surface area contributed by atoms with Gasteiger partial charge in [0.2, 0.25) is 0 Å². The topological polar surface area (TPSA) is 50.3 Å². The van der Waals surface area contributed by atoms with Gasteiger partial charge in [0.05, 0.1) is 6.61 Å². The molecule has 2 rings (SSSR count). The number of rotatable bonds is 3. The first-order chi connectivity index (χ1) is 7.40. The average molecular weight is 228 g/mol. The molecule has 6 heteroatoms. The molecule has 1 fully saturated rings. The summed E-state index contributed by atoms with van der Waals surface area (Å²) in [5.74, 6) is 0. The molecule has 0 unspecified atom stereocenters. The van der Waals surface area contributed by atoms with Gasteiger partial charge in [-0.2, -0.15) is 0 Å². The highest BCUT2D eigenvalue weighted by molar-refractivity contribution is 7.10. The zero-order valence-corrected chi connectivity index (χ0v) is 9.72. The van der Waals surface area contributed by atoms with Crippen molar-refractivity contribution in [2.75, 3.05) is 38.7 Å². The van der Waals surface area contributed by atoms with Crippen LogP contribution in [0.1, 0.15) is 12.1 Å². The summed E-state index contributed by atoms with van der Waals surface area (Å²) in [5, 5.41) is 8.32. The Morgan fingerprint density at radius 3 is 3.27 bits per heavy atom. The molecule has 1 aliphatic heterocycles. The van der Waals surface area contributed by atoms with E-state index in [1.165, 1.54) is 11.5 Å². The van der Waals surface area contributed by atoms with E-state index in [0.717, 1.165) is 50.0 Å². The number of ether oxygens (including phenoxy) is 1. The van der Waals surface area contributed by atoms with Gasteiger partial charge in [-0.3, -0.25) is 4.90 Å². The summed E-state index contributed by atoms with van der Waals surface area (Å²) in [4.78, 5) is 2.37. The van der Waals surface area contributed by atoms with E-state index in [4.69, 9.17) is 4.74 Å². The molecule has 0 amide bonds. The molecule has 0 saturated carbocycles. The minimum absolute atomic E-state index is 0.826. The van der Waals surface area contributed by atoms with E-state index in [1.54, 1.807) is 0 Å². The molecule has 1 aromatic heterocycles. The summed E-state index contributed by atoms with van der Waals surface area (Å²) < 4.78 is 9.36. The number of nitrogens with one attached hydrogen (secondary N) is 1. The van der Waals surface area contributed by atoms with Gasteiger partial charge in [-0.15, -0.1) is 5.10 Å². The van der Waals surface area contributed by atoms with Gasteiger partial charge in [0.1, 0.15) is 10.7 Å². The molecule has 0 spiro atoms. The third-order valence-corrected chi connectivity index (χ3v) is 3.26. The number of hydrogen-bond acceptors (Lipinski definition) is 6. The smallest absolute Gasteiger partial charge is 0.134 e. The van der Waals surface area contributed by atoms with Gasteiger partial charge in [-0.1, -0.05) is 4.49 Å². The van der Waals surface area contributed by atoms with Crippen LogP contribution in [0.5, 0.6) is 0 Å². The van der Waals surface area contributed by atoms with Crippen molar-refractivity contribution < 1.29 is 4.74 Å². The fourth-order valence-electron chi connectivity index (χ4n) is 1.67. The summed E-state index contributed by atoms with van der Waals surface area (Å²) in [5.41, 5.74) is 1.05. The molecule has 0 radical (unpaired) electrons. The highest BCUT2D eigenvalue weighted by Crippen LogP contribution is 2.18. The Labute approximate surface area is 93.6 Å². The molecule has 2 heterocycles. The van der Waals surface area contributed by atoms with Crippen LogP contribution < -0.4 is 5.32 Å². The van der Waals surface area contributed by atoms with Crippen molar-refractivity contribution in [3.8, 4) is 0 Å². The molecule has 15 heavy (non-hydrogen) atoms. The number of hydrogen-bond donors (Lipinski definition) is 1. The molecule has 0 aliphatic carbocycles. The van der Waals surface area contributed by atoms with Crippen LogP contribution in [0, 0.1) is 0 Å². The van der Waals surface area contributed by atoms with Gasteiger partial charge in [-0.25, -0.2) is 0 Å². The van der Waals surface area contributed by atoms with Crippen LogP contribution in [-0.2, 0) is 11.3 Å². The van der Waals surface area contributed by atoms with Crippen molar-refractivity contribution in [3.05, 3.63) is 5.69 Å². The standard InChI is InChI=1S/C9H16N4OS/c1-10-9-8(11-12-15-9)7-13-3-2-5-14-6-4-13/h10H,2-7H2,1H3. The minimum Gasteiger partial charge on any atom is -0.380 e. The lowest BCUT2D eigenvalue weighted by molar-refractivity contribution is 0.140. The largest absolute Gasteiger partial charge is 0.380 e. The Morgan fingerprint density at radius 2 is 2.40 bits per heavy atom. The molecule has 84 valence electrons. The molecular weight excluding hydrogens is 212 g/mol. The molecule has 1 saturated heterocycles. The van der Waals surface area contributed by atoms with E-state index in [-0.39, 0.29) is 0 Å². The highest BCUT2D eigenvalue weighted by atomic mass is 32.1. The zero-order chi connectivity index (χ0) is 10.5. The van der Waals surface area contributed by atoms with Crippen molar-refractivity contribution in [2.24, 2.45) is 0 Å². The van der Waals surface area contributed by atoms with E-state index in [1.807, 2.05) is 7.05 Å². The van der Waals surface area contributed by atoms with Crippen molar-refractivity contribution in [2.45, 2.75) is 13.0 Å². The molecule has 0 atom stereocenters. The quantitative estimate of drug-likeness (QED) is 0.829. The summed E-state index contributed by atoms with van der Waals surface area (Å²) in [6.45, 7) is 4.65. The average Bonchev–Trinajstić information content (AvgIpc) is 2.53. The van der Waals surface area contributed by atoms with Gasteiger partial charge in [0.15, 0.2) is 0 Å². The Morgan fingerprint density at radius 1 is 1.47 bits per heavy atom. The lowest BCUT2D eigenvalue weighted by Crippen LogP contribution is -2.26. The van der Waals surface area contributed by atoms with E-state index in [2.05, 4.69) is 19.8 Å². The van der Waals surface area contributed by atoms with E-state index < -0.39 is 0 Å². The predicted molar refractivity (Wildman–Crippen MR) is 60.2 cm³/mol. The first kappa shape index (κ1) is 10.8. The monoisotopic (exact) mass is 228 g/mol. The molecule has 0 bridgehead atoms. The van der Waals surface area contributed by atoms with Gasteiger partial charge in [0, 0.05) is 44.8 Å². The number of nitrogens with zero attached hydrogens (tertiary/aromatic N) is 3. The van der Waals surface area contributed by atoms with Crippen LogP contribution in [-0.4, -0.2) is 47.8 Å². The fourth-order valence-corrected chi connectivity index (χ4v) is 2.19. The van der Waals surface area contributed by atoms with Gasteiger partial charge >= 0.3 is 0 Å². The van der Waals surface area contributed by atoms with Crippen LogP contribution >= 0.6 is 11.5 Å². The summed E-state index contributed by atoms with van der Waals surface area (Å²) >= 11 is 1.41. The van der Waals surface area contributed by atoms with Gasteiger partial charge in [0.25, 0.3) is 0 Å². The minimum atomic E-state index is 0.826. The molecule has 1 aromatic rings. The van der Waals surface area contributed by atoms with Gasteiger partial charge in [-0.05, 0) is 6.42 Å². The van der Waals surface area contributed by atoms with Crippen molar-refractivity contribution in [1.82, 2.24) is 14.5 Å². The van der Waals surface area contributed by atoms with Crippen LogP contribution in [0.15, 0.2) is 0 Å². The second kappa shape index (κ2) is 5.39. The van der Waals surface area contributed by atoms with E-state index in [9.17, 15) is 0 Å². The Bertz CT molecular complexity index is 296. The third kappa shape index (κ3) is 2.87. The van der Waals surface area contributed by atoms with Crippen LogP contribution in [0.4, 0.5) is 5.00 Å². The zero-order valence-electron chi connectivity index (χ0n) is 8.90. The van der Waals surface area contributed by atoms with Crippen LogP contribution in [0.3, 0.4) is 0 Å². The van der Waals surface area contributed by atoms with Crippen molar-refractivity contribution >= 4 is 16.5 Å². The van der Waals surface area contributed by atoms with E-state index in [0.29, 0.717) is 0 Å². The van der Waals surface area contributed by atoms with Crippen molar-refractivity contribution in [3.63, 3.8) is 0 Å². The maximum absolute atomic E-state index is 5.41. The third-order valence-electron chi connectivity index (χ3n) is 2.47. The molecule has 1 N–H and O–H groups in total. The van der Waals surface area contributed by atoms with Crippen LogP contribution in [0.2, 0.25) is 0 Å². The lowest BCUT2D eigenvalue weighted by Gasteiger charge is -2.17. The Balaban J connectivity index is 1.94.